The van der Waals surface area contributed by atoms with Crippen molar-refractivity contribution in [1.29, 1.82) is 0 Å². The maximum absolute atomic E-state index is 11.8. The summed E-state index contributed by atoms with van der Waals surface area (Å²) >= 11 is 3.48. The number of benzene rings is 1. The fraction of sp³-hybridized carbons (Fsp3) is 0.286. The van der Waals surface area contributed by atoms with Crippen molar-refractivity contribution in [1.82, 2.24) is 10.2 Å². The summed E-state index contributed by atoms with van der Waals surface area (Å²) in [4.78, 5) is 13.8. The molecular weight excluding hydrogens is 306 g/mol. The number of hydrogen-bond donors (Lipinski definition) is 1. The Morgan fingerprint density at radius 3 is 2.74 bits per heavy atom. The van der Waals surface area contributed by atoms with Crippen molar-refractivity contribution in [2.75, 3.05) is 11.4 Å². The predicted molar refractivity (Wildman–Crippen MR) is 78.4 cm³/mol. The number of anilines is 1. The van der Waals surface area contributed by atoms with E-state index in [1.165, 1.54) is 5.56 Å². The van der Waals surface area contributed by atoms with E-state index in [0.717, 1.165) is 11.3 Å². The van der Waals surface area contributed by atoms with Crippen molar-refractivity contribution < 1.29 is 4.79 Å². The summed E-state index contributed by atoms with van der Waals surface area (Å²) in [5.41, 5.74) is 3.23. The standard InChI is InChI=1S/C14H14BrN3O/c1-9-2-4-10(5-3-9)12-7-13(17-16-12)18-8-11(15)6-14(18)19/h2-5,7,11H,6,8H2,1H3,(H,16,17). The highest BCUT2D eigenvalue weighted by Gasteiger charge is 2.30. The van der Waals surface area contributed by atoms with Gasteiger partial charge in [0.15, 0.2) is 5.82 Å². The molecule has 0 saturated carbocycles. The third kappa shape index (κ3) is 2.42. The van der Waals surface area contributed by atoms with Crippen LogP contribution >= 0.6 is 15.9 Å². The van der Waals surface area contributed by atoms with E-state index in [1.54, 1.807) is 4.90 Å². The number of aromatic amines is 1. The van der Waals surface area contributed by atoms with Gasteiger partial charge in [0.2, 0.25) is 5.91 Å². The number of amides is 1. The number of aromatic nitrogens is 2. The van der Waals surface area contributed by atoms with E-state index in [1.807, 2.05) is 18.2 Å². The largest absolute Gasteiger partial charge is 0.294 e. The molecule has 1 unspecified atom stereocenters. The first kappa shape index (κ1) is 12.4. The van der Waals surface area contributed by atoms with Crippen LogP contribution in [-0.4, -0.2) is 27.5 Å². The van der Waals surface area contributed by atoms with E-state index in [-0.39, 0.29) is 10.7 Å². The molecule has 1 atom stereocenters. The molecule has 5 heteroatoms. The average Bonchev–Trinajstić information content (AvgIpc) is 2.97. The van der Waals surface area contributed by atoms with Gasteiger partial charge in [0, 0.05) is 23.9 Å². The van der Waals surface area contributed by atoms with Crippen LogP contribution in [0.2, 0.25) is 0 Å². The molecule has 0 aliphatic carbocycles. The fourth-order valence-corrected chi connectivity index (χ4v) is 2.78. The fourth-order valence-electron chi connectivity index (χ4n) is 2.22. The maximum Gasteiger partial charge on any atom is 0.229 e. The molecule has 98 valence electrons. The van der Waals surface area contributed by atoms with Crippen molar-refractivity contribution in [3.8, 4) is 11.3 Å². The molecule has 0 radical (unpaired) electrons. The topological polar surface area (TPSA) is 49.0 Å². The highest BCUT2D eigenvalue weighted by atomic mass is 79.9. The minimum atomic E-state index is 0.115. The van der Waals surface area contributed by atoms with Crippen molar-refractivity contribution in [2.24, 2.45) is 0 Å². The van der Waals surface area contributed by atoms with Crippen LogP contribution in [0.4, 0.5) is 5.82 Å². The van der Waals surface area contributed by atoms with Crippen LogP contribution in [0.3, 0.4) is 0 Å². The number of alkyl halides is 1. The van der Waals surface area contributed by atoms with Gasteiger partial charge in [-0.2, -0.15) is 5.10 Å². The first-order chi connectivity index (χ1) is 9.13. The maximum atomic E-state index is 11.8. The van der Waals surface area contributed by atoms with Crippen LogP contribution in [0.25, 0.3) is 11.3 Å². The number of H-pyrrole nitrogens is 1. The van der Waals surface area contributed by atoms with Gasteiger partial charge in [0.25, 0.3) is 0 Å². The van der Waals surface area contributed by atoms with Crippen LogP contribution in [0.15, 0.2) is 30.3 Å². The highest BCUT2D eigenvalue weighted by molar-refractivity contribution is 9.09. The van der Waals surface area contributed by atoms with Crippen LogP contribution < -0.4 is 4.90 Å². The Kier molecular flexibility index (Phi) is 3.14. The molecule has 1 aromatic carbocycles. The van der Waals surface area contributed by atoms with Gasteiger partial charge >= 0.3 is 0 Å². The summed E-state index contributed by atoms with van der Waals surface area (Å²) in [6.45, 7) is 2.73. The number of aryl methyl sites for hydroxylation is 1. The number of rotatable bonds is 2. The summed E-state index contributed by atoms with van der Waals surface area (Å²) < 4.78 is 0. The first-order valence-corrected chi connectivity index (χ1v) is 7.12. The first-order valence-electron chi connectivity index (χ1n) is 6.20. The lowest BCUT2D eigenvalue weighted by atomic mass is 10.1. The third-order valence-corrected chi connectivity index (χ3v) is 3.89. The molecule has 19 heavy (non-hydrogen) atoms. The SMILES string of the molecule is Cc1ccc(-c2cc(N3CC(Br)CC3=O)n[nH]2)cc1. The Labute approximate surface area is 119 Å². The number of halogens is 1. The number of nitrogens with one attached hydrogen (secondary N) is 1. The molecule has 3 rings (SSSR count). The second-order valence-corrected chi connectivity index (χ2v) is 6.11. The van der Waals surface area contributed by atoms with E-state index < -0.39 is 0 Å². The Morgan fingerprint density at radius 1 is 1.37 bits per heavy atom. The van der Waals surface area contributed by atoms with E-state index in [0.29, 0.717) is 18.8 Å². The van der Waals surface area contributed by atoms with Gasteiger partial charge < -0.3 is 0 Å². The lowest BCUT2D eigenvalue weighted by Crippen LogP contribution is -2.24. The molecule has 1 amide bonds. The summed E-state index contributed by atoms with van der Waals surface area (Å²) in [5.74, 6) is 0.811. The molecule has 1 saturated heterocycles. The summed E-state index contributed by atoms with van der Waals surface area (Å²) in [6, 6.07) is 10.1. The zero-order chi connectivity index (χ0) is 13.4. The highest BCUT2D eigenvalue weighted by Crippen LogP contribution is 2.27. The van der Waals surface area contributed by atoms with Gasteiger partial charge in [0.1, 0.15) is 0 Å². The van der Waals surface area contributed by atoms with Crippen molar-refractivity contribution in [2.45, 2.75) is 18.2 Å². The van der Waals surface area contributed by atoms with Gasteiger partial charge in [0.05, 0.1) is 5.69 Å². The van der Waals surface area contributed by atoms with Gasteiger partial charge in [-0.15, -0.1) is 0 Å². The Hall–Kier alpha value is -1.62. The van der Waals surface area contributed by atoms with Crippen LogP contribution in [0.1, 0.15) is 12.0 Å². The summed E-state index contributed by atoms with van der Waals surface area (Å²) in [7, 11) is 0. The molecule has 1 aliphatic heterocycles. The lowest BCUT2D eigenvalue weighted by molar-refractivity contribution is -0.117. The molecule has 2 aromatic rings. The smallest absolute Gasteiger partial charge is 0.229 e. The molecular formula is C14H14BrN3O. The van der Waals surface area contributed by atoms with Gasteiger partial charge in [-0.3, -0.25) is 14.8 Å². The zero-order valence-corrected chi connectivity index (χ0v) is 12.1. The second-order valence-electron chi connectivity index (χ2n) is 4.81. The number of carbonyl (C=O) groups is 1. The quantitative estimate of drug-likeness (QED) is 0.865. The molecule has 2 heterocycles. The molecule has 0 bridgehead atoms. The number of nitrogens with zero attached hydrogens (tertiary/aromatic N) is 2. The van der Waals surface area contributed by atoms with Gasteiger partial charge in [-0.25, -0.2) is 0 Å². The Bertz CT molecular complexity index is 605. The van der Waals surface area contributed by atoms with E-state index in [4.69, 9.17) is 0 Å². The molecule has 1 N–H and O–H groups in total. The molecule has 1 aromatic heterocycles. The minimum absolute atomic E-state index is 0.115. The molecule has 1 fully saturated rings. The second kappa shape index (κ2) is 4.81. The van der Waals surface area contributed by atoms with Gasteiger partial charge in [-0.1, -0.05) is 45.8 Å². The zero-order valence-electron chi connectivity index (χ0n) is 10.6. The predicted octanol–water partition coefficient (Wildman–Crippen LogP) is 2.89. The van der Waals surface area contributed by atoms with Crippen molar-refractivity contribution in [3.05, 3.63) is 35.9 Å². The minimum Gasteiger partial charge on any atom is -0.294 e. The molecule has 4 nitrogen and oxygen atoms in total. The van der Waals surface area contributed by atoms with Crippen LogP contribution in [0.5, 0.6) is 0 Å². The van der Waals surface area contributed by atoms with Gasteiger partial charge in [-0.05, 0) is 12.5 Å². The van der Waals surface area contributed by atoms with E-state index in [9.17, 15) is 4.79 Å². The average molecular weight is 320 g/mol. The lowest BCUT2D eigenvalue weighted by Gasteiger charge is -2.10. The van der Waals surface area contributed by atoms with E-state index >= 15 is 0 Å². The summed E-state index contributed by atoms with van der Waals surface area (Å²) in [6.07, 6.45) is 0.534. The monoisotopic (exact) mass is 319 g/mol. The molecule has 1 aliphatic rings. The number of hydrogen-bond acceptors (Lipinski definition) is 2. The molecule has 0 spiro atoms. The van der Waals surface area contributed by atoms with Crippen molar-refractivity contribution in [3.63, 3.8) is 0 Å². The Morgan fingerprint density at radius 2 is 2.11 bits per heavy atom. The van der Waals surface area contributed by atoms with Crippen LogP contribution in [0, 0.1) is 6.92 Å². The van der Waals surface area contributed by atoms with E-state index in [2.05, 4.69) is 45.2 Å². The number of carbonyl (C=O) groups excluding carboxylic acids is 1. The van der Waals surface area contributed by atoms with Crippen molar-refractivity contribution >= 4 is 27.7 Å². The normalized spacial score (nSPS) is 19.2. The van der Waals surface area contributed by atoms with Crippen LogP contribution in [-0.2, 0) is 4.79 Å². The Balaban J connectivity index is 1.87. The third-order valence-electron chi connectivity index (χ3n) is 3.28. The summed E-state index contributed by atoms with van der Waals surface area (Å²) in [5, 5.41) is 7.24.